The largest absolute Gasteiger partial charge is 0.497 e. The maximum atomic E-state index is 12.4. The molecule has 1 heterocycles. The third-order valence-corrected chi connectivity index (χ3v) is 5.49. The fraction of sp³-hybridized carbons (Fsp3) is 0.350. The Morgan fingerprint density at radius 1 is 1.11 bits per heavy atom. The number of hydrazone groups is 1. The highest BCUT2D eigenvalue weighted by atomic mass is 32.2. The molecule has 2 aromatic carbocycles. The topological polar surface area (TPSA) is 77.4 Å². The van der Waals surface area contributed by atoms with Gasteiger partial charge < -0.3 is 14.2 Å². The van der Waals surface area contributed by atoms with Gasteiger partial charge >= 0.3 is 0 Å². The molecule has 28 heavy (non-hydrogen) atoms. The number of methoxy groups -OCH3 is 2. The number of ether oxygens (including phenoxy) is 3. The SMILES string of the molecule is CCOc1ccccc1[C@@H]1CC(c2cc(OC)cc(OC)c2)=NN1S(C)(=O)=O. The molecule has 0 saturated heterocycles. The van der Waals surface area contributed by atoms with Crippen LogP contribution in [0.4, 0.5) is 0 Å². The molecule has 150 valence electrons. The van der Waals surface area contributed by atoms with Gasteiger partial charge in [0.05, 0.1) is 38.8 Å². The van der Waals surface area contributed by atoms with Crippen LogP contribution in [0.5, 0.6) is 17.2 Å². The van der Waals surface area contributed by atoms with Crippen LogP contribution in [0.1, 0.15) is 30.5 Å². The minimum absolute atomic E-state index is 0.410. The summed E-state index contributed by atoms with van der Waals surface area (Å²) in [5, 5.41) is 4.43. The number of nitrogens with zero attached hydrogens (tertiary/aromatic N) is 2. The molecule has 0 fully saturated rings. The summed E-state index contributed by atoms with van der Waals surface area (Å²) in [4.78, 5) is 0. The van der Waals surface area contributed by atoms with Gasteiger partial charge in [-0.3, -0.25) is 0 Å². The van der Waals surface area contributed by atoms with E-state index in [2.05, 4.69) is 5.10 Å². The molecule has 0 radical (unpaired) electrons. The Hall–Kier alpha value is -2.74. The zero-order valence-corrected chi connectivity index (χ0v) is 17.2. The second kappa shape index (κ2) is 8.10. The first-order chi connectivity index (χ1) is 13.4. The van der Waals surface area contributed by atoms with Crippen molar-refractivity contribution in [1.29, 1.82) is 0 Å². The maximum absolute atomic E-state index is 12.4. The smallest absolute Gasteiger partial charge is 0.247 e. The lowest BCUT2D eigenvalue weighted by Crippen LogP contribution is -2.26. The highest BCUT2D eigenvalue weighted by Gasteiger charge is 2.36. The first kappa shape index (κ1) is 20.0. The van der Waals surface area contributed by atoms with Crippen LogP contribution >= 0.6 is 0 Å². The Kier molecular flexibility index (Phi) is 5.79. The van der Waals surface area contributed by atoms with Gasteiger partial charge in [0, 0.05) is 23.6 Å². The first-order valence-corrected chi connectivity index (χ1v) is 10.7. The van der Waals surface area contributed by atoms with Crippen molar-refractivity contribution < 1.29 is 22.6 Å². The molecule has 1 atom stereocenters. The van der Waals surface area contributed by atoms with Gasteiger partial charge in [-0.15, -0.1) is 0 Å². The van der Waals surface area contributed by atoms with Crippen LogP contribution in [0.2, 0.25) is 0 Å². The zero-order valence-electron chi connectivity index (χ0n) is 16.4. The average Bonchev–Trinajstić information content (AvgIpc) is 3.14. The fourth-order valence-corrected chi connectivity index (χ4v) is 4.11. The molecule has 0 bridgehead atoms. The van der Waals surface area contributed by atoms with Crippen LogP contribution in [0.15, 0.2) is 47.6 Å². The van der Waals surface area contributed by atoms with E-state index in [1.165, 1.54) is 0 Å². The van der Waals surface area contributed by atoms with E-state index >= 15 is 0 Å². The number of para-hydroxylation sites is 1. The van der Waals surface area contributed by atoms with Gasteiger partial charge in [0.25, 0.3) is 0 Å². The standard InChI is InChI=1S/C20H24N2O5S/c1-5-27-20-9-7-6-8-17(20)19-13-18(21-22(19)28(4,23)24)14-10-15(25-2)12-16(11-14)26-3/h6-12,19H,5,13H2,1-4H3/t19-/m0/s1. The average molecular weight is 404 g/mol. The molecule has 0 unspecified atom stereocenters. The molecule has 0 N–H and O–H groups in total. The molecule has 8 heteroatoms. The third-order valence-electron chi connectivity index (χ3n) is 4.47. The number of hydrogen-bond acceptors (Lipinski definition) is 6. The van der Waals surface area contributed by atoms with Crippen molar-refractivity contribution in [3.05, 3.63) is 53.6 Å². The van der Waals surface area contributed by atoms with E-state index in [1.54, 1.807) is 20.3 Å². The normalized spacial score (nSPS) is 16.6. The van der Waals surface area contributed by atoms with E-state index in [9.17, 15) is 8.42 Å². The summed E-state index contributed by atoms with van der Waals surface area (Å²) in [6.07, 6.45) is 1.56. The summed E-state index contributed by atoms with van der Waals surface area (Å²) in [5.74, 6) is 1.88. The van der Waals surface area contributed by atoms with E-state index in [1.807, 2.05) is 43.3 Å². The van der Waals surface area contributed by atoms with Crippen LogP contribution < -0.4 is 14.2 Å². The van der Waals surface area contributed by atoms with Crippen molar-refractivity contribution in [3.8, 4) is 17.2 Å². The van der Waals surface area contributed by atoms with E-state index in [0.29, 0.717) is 36.0 Å². The molecule has 1 aliphatic rings. The lowest BCUT2D eigenvalue weighted by Gasteiger charge is -2.23. The number of hydrogen-bond donors (Lipinski definition) is 0. The molecule has 0 saturated carbocycles. The molecule has 2 aromatic rings. The number of sulfonamides is 1. The quantitative estimate of drug-likeness (QED) is 0.708. The van der Waals surface area contributed by atoms with Gasteiger partial charge in [-0.1, -0.05) is 18.2 Å². The zero-order chi connectivity index (χ0) is 20.3. The monoisotopic (exact) mass is 404 g/mol. The van der Waals surface area contributed by atoms with Crippen molar-refractivity contribution >= 4 is 15.7 Å². The van der Waals surface area contributed by atoms with Crippen molar-refractivity contribution in [2.45, 2.75) is 19.4 Å². The van der Waals surface area contributed by atoms with Crippen LogP contribution in [-0.4, -0.2) is 45.6 Å². The van der Waals surface area contributed by atoms with E-state index in [-0.39, 0.29) is 0 Å². The maximum Gasteiger partial charge on any atom is 0.247 e. The van der Waals surface area contributed by atoms with E-state index in [0.717, 1.165) is 21.8 Å². The van der Waals surface area contributed by atoms with Gasteiger partial charge in [-0.2, -0.15) is 9.52 Å². The van der Waals surface area contributed by atoms with Crippen LogP contribution in [-0.2, 0) is 10.0 Å². The predicted octanol–water partition coefficient (Wildman–Crippen LogP) is 3.21. The Morgan fingerprint density at radius 2 is 1.75 bits per heavy atom. The first-order valence-electron chi connectivity index (χ1n) is 8.89. The molecule has 0 aromatic heterocycles. The van der Waals surface area contributed by atoms with Crippen molar-refractivity contribution in [2.24, 2.45) is 5.10 Å². The molecule has 1 aliphatic heterocycles. The summed E-state index contributed by atoms with van der Waals surface area (Å²) in [5.41, 5.74) is 2.17. The Morgan fingerprint density at radius 3 is 2.32 bits per heavy atom. The fourth-order valence-electron chi connectivity index (χ4n) is 3.22. The van der Waals surface area contributed by atoms with Gasteiger partial charge in [-0.25, -0.2) is 8.42 Å². The molecule has 0 aliphatic carbocycles. The van der Waals surface area contributed by atoms with Gasteiger partial charge in [0.1, 0.15) is 17.2 Å². The Labute approximate surface area is 165 Å². The van der Waals surface area contributed by atoms with Gasteiger partial charge in [0.2, 0.25) is 10.0 Å². The molecule has 7 nitrogen and oxygen atoms in total. The van der Waals surface area contributed by atoms with E-state index in [4.69, 9.17) is 14.2 Å². The third kappa shape index (κ3) is 4.06. The summed E-state index contributed by atoms with van der Waals surface area (Å²) >= 11 is 0. The summed E-state index contributed by atoms with van der Waals surface area (Å²) in [6.45, 7) is 2.38. The highest BCUT2D eigenvalue weighted by Crippen LogP contribution is 2.39. The van der Waals surface area contributed by atoms with Crippen molar-refractivity contribution in [1.82, 2.24) is 4.41 Å². The number of rotatable bonds is 7. The van der Waals surface area contributed by atoms with Crippen LogP contribution in [0, 0.1) is 0 Å². The summed E-state index contributed by atoms with van der Waals surface area (Å²) < 4.78 is 42.4. The van der Waals surface area contributed by atoms with Gasteiger partial charge in [-0.05, 0) is 25.1 Å². The predicted molar refractivity (Wildman–Crippen MR) is 108 cm³/mol. The minimum Gasteiger partial charge on any atom is -0.497 e. The van der Waals surface area contributed by atoms with Crippen LogP contribution in [0.3, 0.4) is 0 Å². The van der Waals surface area contributed by atoms with E-state index < -0.39 is 16.1 Å². The molecule has 0 spiro atoms. The Bertz CT molecular complexity index is 966. The minimum atomic E-state index is -3.58. The second-order valence-electron chi connectivity index (χ2n) is 6.37. The summed E-state index contributed by atoms with van der Waals surface area (Å²) in [7, 11) is -0.439. The molecular weight excluding hydrogens is 380 g/mol. The van der Waals surface area contributed by atoms with Crippen molar-refractivity contribution in [3.63, 3.8) is 0 Å². The second-order valence-corrected chi connectivity index (χ2v) is 8.21. The van der Waals surface area contributed by atoms with Gasteiger partial charge in [0.15, 0.2) is 0 Å². The van der Waals surface area contributed by atoms with Crippen molar-refractivity contribution in [2.75, 3.05) is 27.1 Å². The number of benzene rings is 2. The lowest BCUT2D eigenvalue weighted by atomic mass is 9.98. The molecular formula is C20H24N2O5S. The molecule has 0 amide bonds. The highest BCUT2D eigenvalue weighted by molar-refractivity contribution is 7.88. The molecule has 3 rings (SSSR count). The van der Waals surface area contributed by atoms with Crippen LogP contribution in [0.25, 0.3) is 0 Å². The lowest BCUT2D eigenvalue weighted by molar-refractivity contribution is 0.317. The summed E-state index contributed by atoms with van der Waals surface area (Å²) in [6, 6.07) is 12.4. The Balaban J connectivity index is 2.06.